The number of aryl methyl sites for hydroxylation is 2. The molecule has 1 aromatic rings. The Labute approximate surface area is 161 Å². The second-order valence-corrected chi connectivity index (χ2v) is 9.69. The number of hydrogen-bond acceptors (Lipinski definition) is 4. The van der Waals surface area contributed by atoms with Gasteiger partial charge in [0.2, 0.25) is 10.0 Å². The Morgan fingerprint density at radius 1 is 1.23 bits per heavy atom. The van der Waals surface area contributed by atoms with Gasteiger partial charge in [-0.15, -0.1) is 0 Å². The van der Waals surface area contributed by atoms with E-state index in [-0.39, 0.29) is 5.75 Å². The first kappa shape index (κ1) is 21.1. The number of rotatable bonds is 7. The molecule has 1 aromatic carbocycles. The van der Waals surface area contributed by atoms with Gasteiger partial charge in [0.15, 0.2) is 5.96 Å². The van der Waals surface area contributed by atoms with Gasteiger partial charge in [-0.2, -0.15) is 11.8 Å². The molecule has 0 aromatic heterocycles. The monoisotopic (exact) mass is 398 g/mol. The van der Waals surface area contributed by atoms with E-state index in [4.69, 9.17) is 0 Å². The predicted molar refractivity (Wildman–Crippen MR) is 111 cm³/mol. The smallest absolute Gasteiger partial charge is 0.215 e. The average Bonchev–Trinajstić information content (AvgIpc) is 2.61. The lowest BCUT2D eigenvalue weighted by Crippen LogP contribution is -2.44. The van der Waals surface area contributed by atoms with E-state index in [1.54, 1.807) is 16.1 Å². The molecule has 0 bridgehead atoms. The van der Waals surface area contributed by atoms with E-state index in [9.17, 15) is 8.42 Å². The minimum atomic E-state index is -3.20. The molecule has 6 nitrogen and oxygen atoms in total. The van der Waals surface area contributed by atoms with Gasteiger partial charge in [0.1, 0.15) is 0 Å². The molecular formula is C18H30N4O2S2. The third kappa shape index (κ3) is 6.48. The van der Waals surface area contributed by atoms with Gasteiger partial charge in [0, 0.05) is 37.7 Å². The summed E-state index contributed by atoms with van der Waals surface area (Å²) in [4.78, 5) is 4.59. The lowest BCUT2D eigenvalue weighted by Gasteiger charge is -2.25. The Bertz CT molecular complexity index is 714. The van der Waals surface area contributed by atoms with Crippen LogP contribution in [0.3, 0.4) is 0 Å². The van der Waals surface area contributed by atoms with Crippen molar-refractivity contribution in [3.8, 4) is 0 Å². The normalized spacial score (nSPS) is 16.5. The Kier molecular flexibility index (Phi) is 8.24. The summed E-state index contributed by atoms with van der Waals surface area (Å²) < 4.78 is 26.4. The molecule has 0 aliphatic carbocycles. The molecule has 146 valence electrons. The van der Waals surface area contributed by atoms with E-state index in [0.29, 0.717) is 32.1 Å². The van der Waals surface area contributed by atoms with E-state index >= 15 is 0 Å². The fraction of sp³-hybridized carbons (Fsp3) is 0.611. The number of sulfonamides is 1. The van der Waals surface area contributed by atoms with Gasteiger partial charge in [-0.3, -0.25) is 0 Å². The summed E-state index contributed by atoms with van der Waals surface area (Å²) in [5.41, 5.74) is 3.63. The van der Waals surface area contributed by atoms with Crippen LogP contribution < -0.4 is 10.6 Å². The number of nitrogens with zero attached hydrogens (tertiary/aromatic N) is 2. The van der Waals surface area contributed by atoms with Gasteiger partial charge in [-0.25, -0.2) is 17.7 Å². The van der Waals surface area contributed by atoms with Crippen LogP contribution in [0.1, 0.15) is 23.6 Å². The summed E-state index contributed by atoms with van der Waals surface area (Å²) >= 11 is 1.81. The van der Waals surface area contributed by atoms with Crippen LogP contribution in [0.25, 0.3) is 0 Å². The largest absolute Gasteiger partial charge is 0.357 e. The molecule has 8 heteroatoms. The van der Waals surface area contributed by atoms with Gasteiger partial charge < -0.3 is 10.6 Å². The maximum absolute atomic E-state index is 12.4. The molecule has 1 heterocycles. The highest BCUT2D eigenvalue weighted by Gasteiger charge is 2.23. The Morgan fingerprint density at radius 3 is 2.62 bits per heavy atom. The zero-order valence-corrected chi connectivity index (χ0v) is 17.5. The first-order valence-corrected chi connectivity index (χ1v) is 11.8. The van der Waals surface area contributed by atoms with Gasteiger partial charge in [0.05, 0.1) is 12.3 Å². The summed E-state index contributed by atoms with van der Waals surface area (Å²) in [5.74, 6) is 2.50. The van der Waals surface area contributed by atoms with Crippen molar-refractivity contribution in [1.82, 2.24) is 14.9 Å². The van der Waals surface area contributed by atoms with Crippen molar-refractivity contribution in [2.24, 2.45) is 4.99 Å². The van der Waals surface area contributed by atoms with Crippen LogP contribution in [0.4, 0.5) is 0 Å². The highest BCUT2D eigenvalue weighted by Crippen LogP contribution is 2.13. The van der Waals surface area contributed by atoms with Crippen LogP contribution in [-0.2, 0) is 16.6 Å². The summed E-state index contributed by atoms with van der Waals surface area (Å²) in [6, 6.07) is 6.33. The van der Waals surface area contributed by atoms with Gasteiger partial charge in [-0.1, -0.05) is 23.8 Å². The van der Waals surface area contributed by atoms with Crippen molar-refractivity contribution in [2.75, 3.05) is 43.4 Å². The summed E-state index contributed by atoms with van der Waals surface area (Å²) in [6.45, 7) is 9.05. The zero-order valence-electron chi connectivity index (χ0n) is 15.9. The molecule has 1 aliphatic rings. The molecule has 2 rings (SSSR count). The number of benzene rings is 1. The van der Waals surface area contributed by atoms with Gasteiger partial charge in [0.25, 0.3) is 0 Å². The van der Waals surface area contributed by atoms with E-state index in [2.05, 4.69) is 47.7 Å². The minimum Gasteiger partial charge on any atom is -0.357 e. The highest BCUT2D eigenvalue weighted by molar-refractivity contribution is 7.99. The minimum absolute atomic E-state index is 0.0889. The SMILES string of the molecule is CCNC(=NCc1ccc(C)cc1C)NCCS(=O)(=O)N1CCSCC1. The standard InChI is InChI=1S/C18H30N4O2S2/c1-4-19-18(21-14-17-6-5-15(2)13-16(17)3)20-7-12-26(23,24)22-8-10-25-11-9-22/h5-6,13H,4,7-12,14H2,1-3H3,(H2,19,20,21). The fourth-order valence-electron chi connectivity index (χ4n) is 2.78. The lowest BCUT2D eigenvalue weighted by molar-refractivity contribution is 0.443. The Morgan fingerprint density at radius 2 is 1.96 bits per heavy atom. The summed E-state index contributed by atoms with van der Waals surface area (Å²) in [5, 5.41) is 6.32. The van der Waals surface area contributed by atoms with Crippen LogP contribution >= 0.6 is 11.8 Å². The quantitative estimate of drug-likeness (QED) is 0.541. The molecule has 1 fully saturated rings. The van der Waals surface area contributed by atoms with Crippen molar-refractivity contribution >= 4 is 27.7 Å². The lowest BCUT2D eigenvalue weighted by atomic mass is 10.1. The van der Waals surface area contributed by atoms with Crippen molar-refractivity contribution < 1.29 is 8.42 Å². The van der Waals surface area contributed by atoms with Crippen LogP contribution in [0.2, 0.25) is 0 Å². The molecule has 1 saturated heterocycles. The second-order valence-electron chi connectivity index (χ2n) is 6.38. The number of hydrogen-bond donors (Lipinski definition) is 2. The van der Waals surface area contributed by atoms with Crippen LogP contribution in [0.15, 0.2) is 23.2 Å². The van der Waals surface area contributed by atoms with Crippen LogP contribution in [0.5, 0.6) is 0 Å². The molecule has 0 spiro atoms. The van der Waals surface area contributed by atoms with Crippen molar-refractivity contribution in [1.29, 1.82) is 0 Å². The van der Waals surface area contributed by atoms with Crippen molar-refractivity contribution in [3.05, 3.63) is 34.9 Å². The molecule has 0 unspecified atom stereocenters. The summed E-state index contributed by atoms with van der Waals surface area (Å²) in [7, 11) is -3.20. The summed E-state index contributed by atoms with van der Waals surface area (Å²) in [6.07, 6.45) is 0. The highest BCUT2D eigenvalue weighted by atomic mass is 32.2. The van der Waals surface area contributed by atoms with Crippen molar-refractivity contribution in [2.45, 2.75) is 27.3 Å². The van der Waals surface area contributed by atoms with E-state index < -0.39 is 10.0 Å². The average molecular weight is 399 g/mol. The zero-order chi connectivity index (χ0) is 19.0. The number of aliphatic imine (C=N–C) groups is 1. The maximum Gasteiger partial charge on any atom is 0.215 e. The first-order valence-electron chi connectivity index (χ1n) is 9.06. The maximum atomic E-state index is 12.4. The molecule has 26 heavy (non-hydrogen) atoms. The molecule has 0 radical (unpaired) electrons. The van der Waals surface area contributed by atoms with Crippen molar-refractivity contribution in [3.63, 3.8) is 0 Å². The van der Waals surface area contributed by atoms with Crippen LogP contribution in [0, 0.1) is 13.8 Å². The van der Waals surface area contributed by atoms with Crippen LogP contribution in [-0.4, -0.2) is 62.1 Å². The first-order chi connectivity index (χ1) is 12.4. The number of guanidine groups is 1. The Hall–Kier alpha value is -1.25. The molecule has 0 saturated carbocycles. The Balaban J connectivity index is 1.90. The van der Waals surface area contributed by atoms with E-state index in [0.717, 1.165) is 18.1 Å². The third-order valence-corrected chi connectivity index (χ3v) is 7.08. The fourth-order valence-corrected chi connectivity index (χ4v) is 5.27. The second kappa shape index (κ2) is 10.2. The van der Waals surface area contributed by atoms with E-state index in [1.165, 1.54) is 16.7 Å². The predicted octanol–water partition coefficient (Wildman–Crippen LogP) is 1.74. The molecule has 0 atom stereocenters. The third-order valence-electron chi connectivity index (χ3n) is 4.27. The number of nitrogens with one attached hydrogen (secondary N) is 2. The van der Waals surface area contributed by atoms with Gasteiger partial charge in [-0.05, 0) is 31.9 Å². The molecule has 0 amide bonds. The van der Waals surface area contributed by atoms with E-state index in [1.807, 2.05) is 6.92 Å². The van der Waals surface area contributed by atoms with Gasteiger partial charge >= 0.3 is 0 Å². The topological polar surface area (TPSA) is 73.8 Å². The molecular weight excluding hydrogens is 368 g/mol. The molecule has 2 N–H and O–H groups in total. The molecule has 1 aliphatic heterocycles. The number of thioether (sulfide) groups is 1.